The number of hydrogen-bond donors (Lipinski definition) is 1. The molecular formula is C24H30ClN5O5S. The van der Waals surface area contributed by atoms with Crippen LogP contribution < -0.4 is 10.2 Å². The van der Waals surface area contributed by atoms with Crippen LogP contribution in [0.3, 0.4) is 0 Å². The Morgan fingerprint density at radius 3 is 2.22 bits per heavy atom. The van der Waals surface area contributed by atoms with E-state index >= 15 is 0 Å². The Kier molecular flexibility index (Phi) is 7.42. The maximum atomic E-state index is 13.1. The van der Waals surface area contributed by atoms with Gasteiger partial charge in [0.15, 0.2) is 20.8 Å². The zero-order valence-electron chi connectivity index (χ0n) is 20.5. The van der Waals surface area contributed by atoms with E-state index in [0.29, 0.717) is 55.7 Å². The number of aromatic nitrogens is 2. The van der Waals surface area contributed by atoms with Crippen molar-refractivity contribution in [2.24, 2.45) is 5.92 Å². The third-order valence-corrected chi connectivity index (χ3v) is 8.66. The van der Waals surface area contributed by atoms with E-state index in [-0.39, 0.29) is 16.7 Å². The molecule has 0 aliphatic carbocycles. The summed E-state index contributed by atoms with van der Waals surface area (Å²) in [6.07, 6.45) is 0.265. The molecule has 10 nitrogen and oxygen atoms in total. The molecule has 12 heteroatoms. The quantitative estimate of drug-likeness (QED) is 0.618. The number of halogens is 1. The summed E-state index contributed by atoms with van der Waals surface area (Å²) in [6, 6.07) is 9.63. The smallest absolute Gasteiger partial charge is 0.410 e. The number of benzene rings is 1. The van der Waals surface area contributed by atoms with Gasteiger partial charge in [-0.05, 0) is 70.0 Å². The van der Waals surface area contributed by atoms with Crippen molar-refractivity contribution in [1.29, 1.82) is 0 Å². The largest absolute Gasteiger partial charge is 0.444 e. The molecule has 0 radical (unpaired) electrons. The van der Waals surface area contributed by atoms with Gasteiger partial charge in [0.25, 0.3) is 0 Å². The average Bonchev–Trinajstić information content (AvgIpc) is 2.79. The first-order chi connectivity index (χ1) is 16.9. The first kappa shape index (κ1) is 26.2. The standard InChI is InChI=1S/C24H30ClN5O5S/c1-24(2,3)35-23(32)29-12-10-19(11-13-29)36(33,34)18-6-4-17(5-7-18)26-22(31)16-14-30(15-16)21-9-8-20(25)27-28-21/h4-9,16,19H,10-15H2,1-3H3,(H,26,31). The maximum Gasteiger partial charge on any atom is 0.410 e. The second kappa shape index (κ2) is 10.2. The lowest BCUT2D eigenvalue weighted by Crippen LogP contribution is -2.52. The number of anilines is 2. The van der Waals surface area contributed by atoms with Gasteiger partial charge in [0, 0.05) is 31.9 Å². The fourth-order valence-corrected chi connectivity index (χ4v) is 5.98. The number of carbonyl (C=O) groups excluding carboxylic acids is 2. The van der Waals surface area contributed by atoms with Crippen molar-refractivity contribution < 1.29 is 22.7 Å². The lowest BCUT2D eigenvalue weighted by Gasteiger charge is -2.38. The van der Waals surface area contributed by atoms with Crippen molar-refractivity contribution in [3.63, 3.8) is 0 Å². The predicted octanol–water partition coefficient (Wildman–Crippen LogP) is 3.38. The van der Waals surface area contributed by atoms with Crippen LogP contribution in [0.2, 0.25) is 5.15 Å². The minimum atomic E-state index is -3.56. The van der Waals surface area contributed by atoms with Crippen molar-refractivity contribution in [3.05, 3.63) is 41.6 Å². The molecule has 2 aliphatic rings. The summed E-state index contributed by atoms with van der Waals surface area (Å²) >= 11 is 5.75. The molecule has 0 saturated carbocycles. The zero-order valence-corrected chi connectivity index (χ0v) is 22.1. The van der Waals surface area contributed by atoms with Crippen LogP contribution in [0.25, 0.3) is 0 Å². The number of piperidine rings is 1. The van der Waals surface area contributed by atoms with Gasteiger partial charge in [-0.1, -0.05) is 11.6 Å². The number of sulfone groups is 1. The van der Waals surface area contributed by atoms with Crippen LogP contribution in [0.1, 0.15) is 33.6 Å². The molecule has 2 aromatic rings. The molecule has 1 N–H and O–H groups in total. The molecule has 1 aromatic carbocycles. The number of amides is 2. The topological polar surface area (TPSA) is 122 Å². The minimum absolute atomic E-state index is 0.140. The fourth-order valence-electron chi connectivity index (χ4n) is 4.15. The van der Waals surface area contributed by atoms with Crippen LogP contribution in [0.5, 0.6) is 0 Å². The summed E-state index contributed by atoms with van der Waals surface area (Å²) in [5.41, 5.74) is -0.0657. The second-order valence-corrected chi connectivity index (χ2v) is 12.7. The molecule has 2 aliphatic heterocycles. The van der Waals surface area contributed by atoms with Gasteiger partial charge in [-0.15, -0.1) is 10.2 Å². The summed E-state index contributed by atoms with van der Waals surface area (Å²) < 4.78 is 31.6. The van der Waals surface area contributed by atoms with Crippen molar-refractivity contribution in [1.82, 2.24) is 15.1 Å². The number of carbonyl (C=O) groups is 2. The highest BCUT2D eigenvalue weighted by Crippen LogP contribution is 2.28. The molecule has 0 atom stereocenters. The SMILES string of the molecule is CC(C)(C)OC(=O)N1CCC(S(=O)(=O)c2ccc(NC(=O)C3CN(c4ccc(Cl)nn4)C3)cc2)CC1. The molecule has 1 aromatic heterocycles. The summed E-state index contributed by atoms with van der Waals surface area (Å²) in [7, 11) is -3.56. The zero-order chi connectivity index (χ0) is 26.1. The number of nitrogens with zero attached hydrogens (tertiary/aromatic N) is 4. The van der Waals surface area contributed by atoms with Crippen molar-refractivity contribution in [2.45, 2.75) is 49.4 Å². The molecule has 0 bridgehead atoms. The molecule has 2 amide bonds. The summed E-state index contributed by atoms with van der Waals surface area (Å²) in [5, 5.41) is 10.4. The second-order valence-electron chi connectivity index (χ2n) is 10.0. The monoisotopic (exact) mass is 535 g/mol. The van der Waals surface area contributed by atoms with E-state index in [0.717, 1.165) is 0 Å². The lowest BCUT2D eigenvalue weighted by atomic mass is 9.99. The first-order valence-corrected chi connectivity index (χ1v) is 13.7. The van der Waals surface area contributed by atoms with Crippen LogP contribution in [-0.2, 0) is 19.4 Å². The number of likely N-dealkylation sites (tertiary alicyclic amines) is 1. The minimum Gasteiger partial charge on any atom is -0.444 e. The molecule has 0 spiro atoms. The van der Waals surface area contributed by atoms with Crippen LogP contribution in [-0.4, -0.2) is 72.5 Å². The van der Waals surface area contributed by atoms with E-state index in [1.165, 1.54) is 12.1 Å². The number of ether oxygens (including phenoxy) is 1. The maximum absolute atomic E-state index is 13.1. The Morgan fingerprint density at radius 1 is 1.03 bits per heavy atom. The van der Waals surface area contributed by atoms with Crippen LogP contribution in [0, 0.1) is 5.92 Å². The van der Waals surface area contributed by atoms with Gasteiger partial charge < -0.3 is 19.9 Å². The first-order valence-electron chi connectivity index (χ1n) is 11.8. The van der Waals surface area contributed by atoms with E-state index in [2.05, 4.69) is 15.5 Å². The van der Waals surface area contributed by atoms with Crippen molar-refractivity contribution >= 4 is 44.9 Å². The van der Waals surface area contributed by atoms with E-state index in [4.69, 9.17) is 16.3 Å². The van der Waals surface area contributed by atoms with Crippen molar-refractivity contribution in [3.8, 4) is 0 Å². The van der Waals surface area contributed by atoms with Gasteiger partial charge in [-0.25, -0.2) is 13.2 Å². The van der Waals surface area contributed by atoms with E-state index < -0.39 is 26.8 Å². The summed E-state index contributed by atoms with van der Waals surface area (Å²) in [5.74, 6) is 0.314. The Balaban J connectivity index is 1.28. The Labute approximate surface area is 215 Å². The van der Waals surface area contributed by atoms with Crippen LogP contribution in [0.4, 0.5) is 16.3 Å². The molecule has 2 saturated heterocycles. The third-order valence-electron chi connectivity index (χ3n) is 6.18. The van der Waals surface area contributed by atoms with Crippen LogP contribution in [0.15, 0.2) is 41.3 Å². The summed E-state index contributed by atoms with van der Waals surface area (Å²) in [4.78, 5) is 28.5. The number of hydrogen-bond acceptors (Lipinski definition) is 8. The predicted molar refractivity (Wildman–Crippen MR) is 136 cm³/mol. The Morgan fingerprint density at radius 2 is 1.67 bits per heavy atom. The highest BCUT2D eigenvalue weighted by molar-refractivity contribution is 7.92. The van der Waals surface area contributed by atoms with Gasteiger partial charge in [0.2, 0.25) is 5.91 Å². The van der Waals surface area contributed by atoms with Gasteiger partial charge in [-0.2, -0.15) is 0 Å². The normalized spacial score (nSPS) is 17.4. The fraction of sp³-hybridized carbons (Fsp3) is 0.500. The average molecular weight is 536 g/mol. The molecule has 0 unspecified atom stereocenters. The highest BCUT2D eigenvalue weighted by Gasteiger charge is 2.35. The summed E-state index contributed by atoms with van der Waals surface area (Å²) in [6.45, 7) is 7.07. The molecule has 36 heavy (non-hydrogen) atoms. The van der Waals surface area contributed by atoms with Gasteiger partial charge in [0.05, 0.1) is 16.1 Å². The van der Waals surface area contributed by atoms with Gasteiger partial charge in [-0.3, -0.25) is 4.79 Å². The molecular weight excluding hydrogens is 506 g/mol. The number of nitrogens with one attached hydrogen (secondary N) is 1. The Hall–Kier alpha value is -2.92. The number of rotatable bonds is 5. The van der Waals surface area contributed by atoms with E-state index in [9.17, 15) is 18.0 Å². The lowest BCUT2D eigenvalue weighted by molar-refractivity contribution is -0.120. The van der Waals surface area contributed by atoms with Gasteiger partial charge in [0.1, 0.15) is 5.60 Å². The van der Waals surface area contributed by atoms with E-state index in [1.54, 1.807) is 49.9 Å². The van der Waals surface area contributed by atoms with Gasteiger partial charge >= 0.3 is 6.09 Å². The molecule has 4 rings (SSSR count). The molecule has 194 valence electrons. The third kappa shape index (κ3) is 6.07. The van der Waals surface area contributed by atoms with Crippen molar-refractivity contribution in [2.75, 3.05) is 36.4 Å². The molecule has 2 fully saturated rings. The van der Waals surface area contributed by atoms with Crippen LogP contribution >= 0.6 is 11.6 Å². The molecule has 3 heterocycles. The van der Waals surface area contributed by atoms with E-state index in [1.807, 2.05) is 4.90 Å². The Bertz CT molecular complexity index is 1200. The highest BCUT2D eigenvalue weighted by atomic mass is 35.5.